The van der Waals surface area contributed by atoms with Crippen LogP contribution < -0.4 is 5.32 Å². The third kappa shape index (κ3) is 5.08. The summed E-state index contributed by atoms with van der Waals surface area (Å²) >= 11 is 0. The molecule has 1 aliphatic carbocycles. The molecule has 1 heterocycles. The molecular formula is C26H30N2O5S. The van der Waals surface area contributed by atoms with Crippen molar-refractivity contribution in [3.63, 3.8) is 0 Å². The van der Waals surface area contributed by atoms with Crippen LogP contribution in [0.2, 0.25) is 0 Å². The third-order valence-electron chi connectivity index (χ3n) is 6.33. The minimum Gasteiger partial charge on any atom is -0.378 e. The molecule has 1 aliphatic rings. The van der Waals surface area contributed by atoms with Gasteiger partial charge in [-0.05, 0) is 67.0 Å². The molecule has 1 amide bonds. The predicted molar refractivity (Wildman–Crippen MR) is 128 cm³/mol. The van der Waals surface area contributed by atoms with Crippen molar-refractivity contribution in [3.8, 4) is 0 Å². The molecule has 0 bridgehead atoms. The van der Waals surface area contributed by atoms with Gasteiger partial charge in [-0.1, -0.05) is 43.3 Å². The Morgan fingerprint density at radius 1 is 1.15 bits per heavy atom. The summed E-state index contributed by atoms with van der Waals surface area (Å²) in [5.41, 5.74) is 0.977. The normalized spacial score (nSPS) is 15.8. The number of benzene rings is 2. The summed E-state index contributed by atoms with van der Waals surface area (Å²) in [6.07, 6.45) is 1.97. The summed E-state index contributed by atoms with van der Waals surface area (Å²) in [6.45, 7) is 5.84. The number of nitrogens with zero attached hydrogens (tertiary/aromatic N) is 1. The van der Waals surface area contributed by atoms with Crippen molar-refractivity contribution in [2.75, 3.05) is 5.75 Å². The second-order valence-electron chi connectivity index (χ2n) is 9.37. The number of rotatable bonds is 9. The summed E-state index contributed by atoms with van der Waals surface area (Å²) in [5, 5.41) is 18.2. The fourth-order valence-electron chi connectivity index (χ4n) is 3.99. The largest absolute Gasteiger partial charge is 0.378 e. The molecule has 7 nitrogen and oxygen atoms in total. The van der Waals surface area contributed by atoms with E-state index in [0.717, 1.165) is 18.4 Å². The molecule has 0 spiro atoms. The number of hydrogen-bond donors (Lipinski definition) is 2. The number of nitrogens with one attached hydrogen (secondary N) is 1. The van der Waals surface area contributed by atoms with Crippen LogP contribution in [-0.4, -0.2) is 30.3 Å². The Hall–Kier alpha value is -2.97. The molecule has 1 aromatic heterocycles. The van der Waals surface area contributed by atoms with Crippen LogP contribution in [0.25, 0.3) is 0 Å². The van der Waals surface area contributed by atoms with Crippen LogP contribution in [0.1, 0.15) is 59.6 Å². The highest BCUT2D eigenvalue weighted by atomic mass is 32.2. The van der Waals surface area contributed by atoms with E-state index in [0.29, 0.717) is 33.4 Å². The van der Waals surface area contributed by atoms with Gasteiger partial charge in [0.05, 0.1) is 10.6 Å². The molecule has 2 aromatic carbocycles. The van der Waals surface area contributed by atoms with Crippen LogP contribution in [0.5, 0.6) is 0 Å². The highest BCUT2D eigenvalue weighted by Gasteiger charge is 2.38. The van der Waals surface area contributed by atoms with Gasteiger partial charge in [0, 0.05) is 18.2 Å². The second kappa shape index (κ2) is 9.35. The highest BCUT2D eigenvalue weighted by molar-refractivity contribution is 7.91. The van der Waals surface area contributed by atoms with Gasteiger partial charge in [-0.15, -0.1) is 0 Å². The quantitative estimate of drug-likeness (QED) is 0.477. The smallest absolute Gasteiger partial charge is 0.251 e. The van der Waals surface area contributed by atoms with Gasteiger partial charge in [0.2, 0.25) is 0 Å². The molecule has 180 valence electrons. The highest BCUT2D eigenvalue weighted by Crippen LogP contribution is 2.36. The molecule has 2 N–H and O–H groups in total. The average molecular weight is 483 g/mol. The Balaban J connectivity index is 1.41. The first-order valence-corrected chi connectivity index (χ1v) is 13.1. The van der Waals surface area contributed by atoms with Crippen LogP contribution in [0, 0.1) is 18.8 Å². The number of amides is 1. The Kier molecular flexibility index (Phi) is 6.64. The van der Waals surface area contributed by atoms with Gasteiger partial charge in [-0.3, -0.25) is 4.79 Å². The van der Waals surface area contributed by atoms with E-state index in [1.165, 1.54) is 0 Å². The third-order valence-corrected chi connectivity index (χ3v) is 8.23. The molecule has 4 rings (SSSR count). The maximum absolute atomic E-state index is 12.6. The Morgan fingerprint density at radius 3 is 2.32 bits per heavy atom. The van der Waals surface area contributed by atoms with Gasteiger partial charge >= 0.3 is 0 Å². The van der Waals surface area contributed by atoms with Crippen LogP contribution in [0.4, 0.5) is 0 Å². The lowest BCUT2D eigenvalue weighted by molar-refractivity contribution is 0.0246. The van der Waals surface area contributed by atoms with Crippen molar-refractivity contribution in [1.29, 1.82) is 0 Å². The molecule has 0 radical (unpaired) electrons. The number of hydrogen-bond acceptors (Lipinski definition) is 6. The zero-order valence-electron chi connectivity index (χ0n) is 19.6. The number of aryl methyl sites for hydroxylation is 1. The molecule has 0 aliphatic heterocycles. The molecule has 0 saturated heterocycles. The van der Waals surface area contributed by atoms with Crippen molar-refractivity contribution in [2.45, 2.75) is 50.7 Å². The summed E-state index contributed by atoms with van der Waals surface area (Å²) in [4.78, 5) is 13.0. The second-order valence-corrected chi connectivity index (χ2v) is 11.4. The van der Waals surface area contributed by atoms with E-state index in [1.807, 2.05) is 13.8 Å². The summed E-state index contributed by atoms with van der Waals surface area (Å²) in [6, 6.07) is 15.1. The number of sulfone groups is 1. The van der Waals surface area contributed by atoms with Gasteiger partial charge in [0.15, 0.2) is 9.84 Å². The Labute approximate surface area is 200 Å². The van der Waals surface area contributed by atoms with Gasteiger partial charge in [0.1, 0.15) is 17.1 Å². The summed E-state index contributed by atoms with van der Waals surface area (Å²) in [5.74, 6) is 0.682. The molecule has 3 aromatic rings. The van der Waals surface area contributed by atoms with Crippen molar-refractivity contribution in [2.24, 2.45) is 11.8 Å². The Morgan fingerprint density at radius 2 is 1.79 bits per heavy atom. The van der Waals surface area contributed by atoms with Crippen LogP contribution in [0.15, 0.2) is 64.0 Å². The van der Waals surface area contributed by atoms with Gasteiger partial charge < -0.3 is 14.9 Å². The fourth-order valence-corrected chi connectivity index (χ4v) is 5.69. The van der Waals surface area contributed by atoms with Crippen LogP contribution in [0.3, 0.4) is 0 Å². The van der Waals surface area contributed by atoms with E-state index in [9.17, 15) is 18.3 Å². The van der Waals surface area contributed by atoms with Crippen LogP contribution in [-0.2, 0) is 22.0 Å². The zero-order chi connectivity index (χ0) is 24.5. The van der Waals surface area contributed by atoms with Crippen molar-refractivity contribution < 1.29 is 22.8 Å². The number of carbonyl (C=O) groups excluding carboxylic acids is 1. The molecule has 34 heavy (non-hydrogen) atoms. The molecule has 8 heteroatoms. The number of aromatic nitrogens is 1. The van der Waals surface area contributed by atoms with E-state index in [1.54, 1.807) is 61.5 Å². The van der Waals surface area contributed by atoms with E-state index < -0.39 is 15.4 Å². The monoisotopic (exact) mass is 482 g/mol. The average Bonchev–Trinajstić information content (AvgIpc) is 3.52. The van der Waals surface area contributed by atoms with Crippen molar-refractivity contribution in [1.82, 2.24) is 10.5 Å². The first-order valence-electron chi connectivity index (χ1n) is 11.5. The fraction of sp³-hybridized carbons (Fsp3) is 0.385. The lowest BCUT2D eigenvalue weighted by atomic mass is 9.80. The molecule has 1 saturated carbocycles. The lowest BCUT2D eigenvalue weighted by Gasteiger charge is -2.30. The summed E-state index contributed by atoms with van der Waals surface area (Å²) in [7, 11) is -3.25. The van der Waals surface area contributed by atoms with E-state index in [2.05, 4.69) is 10.5 Å². The molecule has 1 atom stereocenters. The van der Waals surface area contributed by atoms with Crippen molar-refractivity contribution in [3.05, 3.63) is 82.7 Å². The molecule has 1 unspecified atom stereocenters. The first kappa shape index (κ1) is 24.2. The predicted octanol–water partition coefficient (Wildman–Crippen LogP) is 3.99. The van der Waals surface area contributed by atoms with E-state index >= 15 is 0 Å². The van der Waals surface area contributed by atoms with Gasteiger partial charge in [-0.2, -0.15) is 0 Å². The van der Waals surface area contributed by atoms with Gasteiger partial charge in [0.25, 0.3) is 5.91 Å². The topological polar surface area (TPSA) is 110 Å². The van der Waals surface area contributed by atoms with Crippen molar-refractivity contribution >= 4 is 15.7 Å². The minimum atomic E-state index is -3.25. The SMILES string of the molecule is Cc1cc(C(O)(c2ccc(C(=O)NCc3ccc(S(=O)(=O)CC4CC4)cc3)cc2)C(C)C)no1. The molecule has 1 fully saturated rings. The minimum absolute atomic E-state index is 0.173. The molecular weight excluding hydrogens is 452 g/mol. The summed E-state index contributed by atoms with van der Waals surface area (Å²) < 4.78 is 29.9. The Bertz CT molecular complexity index is 1260. The standard InChI is InChI=1S/C26H30N2O5S/c1-17(2)26(30,24-14-18(3)33-28-24)22-10-8-21(9-11-22)25(29)27-15-19-6-12-23(13-7-19)34(31,32)16-20-4-5-20/h6-14,17,20,30H,4-5,15-16H2,1-3H3,(H,27,29). The zero-order valence-corrected chi connectivity index (χ0v) is 20.4. The van der Waals surface area contributed by atoms with E-state index in [4.69, 9.17) is 4.52 Å². The van der Waals surface area contributed by atoms with Crippen LogP contribution >= 0.6 is 0 Å². The van der Waals surface area contributed by atoms with E-state index in [-0.39, 0.29) is 24.1 Å². The van der Waals surface area contributed by atoms with Gasteiger partial charge in [-0.25, -0.2) is 8.42 Å². The first-order chi connectivity index (χ1) is 16.1. The maximum Gasteiger partial charge on any atom is 0.251 e. The number of aliphatic hydroxyl groups is 1. The number of carbonyl (C=O) groups is 1. The maximum atomic E-state index is 12.6. The lowest BCUT2D eigenvalue weighted by Crippen LogP contribution is -2.34.